The maximum atomic E-state index is 9.32. The van der Waals surface area contributed by atoms with Gasteiger partial charge >= 0.3 is 0 Å². The molecule has 0 spiro atoms. The van der Waals surface area contributed by atoms with Gasteiger partial charge in [0.2, 0.25) is 0 Å². The first-order valence-electron chi connectivity index (χ1n) is 5.78. The molecule has 17 heavy (non-hydrogen) atoms. The molecule has 0 aliphatic rings. The van der Waals surface area contributed by atoms with E-state index in [2.05, 4.69) is 24.3 Å². The van der Waals surface area contributed by atoms with Gasteiger partial charge in [0.25, 0.3) is 0 Å². The zero-order valence-electron chi connectivity index (χ0n) is 9.88. The molecule has 2 aromatic carbocycles. The Kier molecular flexibility index (Phi) is 3.61. The standard InChI is InChI=1S/C16H16O/c1-2-6-16(13-7-4-3-5-8-13)14-9-11-15(17)12-10-14/h2-12,16-17H,1H3. The number of hydrogen-bond acceptors (Lipinski definition) is 1. The Morgan fingerprint density at radius 3 is 2.06 bits per heavy atom. The van der Waals surface area contributed by atoms with Crippen LogP contribution in [0.2, 0.25) is 0 Å². The first-order chi connectivity index (χ1) is 8.31. The lowest BCUT2D eigenvalue weighted by Crippen LogP contribution is -1.96. The van der Waals surface area contributed by atoms with Crippen molar-refractivity contribution in [2.75, 3.05) is 0 Å². The van der Waals surface area contributed by atoms with Crippen molar-refractivity contribution in [3.63, 3.8) is 0 Å². The zero-order valence-corrected chi connectivity index (χ0v) is 9.88. The fraction of sp³-hybridized carbons (Fsp3) is 0.125. The summed E-state index contributed by atoms with van der Waals surface area (Å²) in [6, 6.07) is 17.8. The van der Waals surface area contributed by atoms with E-state index in [9.17, 15) is 5.11 Å². The second-order valence-corrected chi connectivity index (χ2v) is 4.01. The van der Waals surface area contributed by atoms with E-state index in [1.807, 2.05) is 37.3 Å². The van der Waals surface area contributed by atoms with Gasteiger partial charge < -0.3 is 5.11 Å². The molecule has 0 radical (unpaired) electrons. The van der Waals surface area contributed by atoms with Gasteiger partial charge in [-0.15, -0.1) is 0 Å². The van der Waals surface area contributed by atoms with Gasteiger partial charge in [0.15, 0.2) is 0 Å². The van der Waals surface area contributed by atoms with Crippen molar-refractivity contribution in [3.8, 4) is 5.75 Å². The summed E-state index contributed by atoms with van der Waals surface area (Å²) in [7, 11) is 0. The van der Waals surface area contributed by atoms with Crippen LogP contribution in [0.15, 0.2) is 66.7 Å². The molecule has 0 fully saturated rings. The third kappa shape index (κ3) is 2.76. The van der Waals surface area contributed by atoms with Crippen LogP contribution in [0.5, 0.6) is 5.75 Å². The average molecular weight is 224 g/mol. The van der Waals surface area contributed by atoms with Gasteiger partial charge in [-0.1, -0.05) is 54.6 Å². The van der Waals surface area contributed by atoms with Crippen LogP contribution in [0.25, 0.3) is 0 Å². The maximum absolute atomic E-state index is 9.32. The van der Waals surface area contributed by atoms with Gasteiger partial charge in [-0.05, 0) is 30.2 Å². The Labute approximate surface area is 102 Å². The lowest BCUT2D eigenvalue weighted by Gasteiger charge is -2.13. The molecular weight excluding hydrogens is 208 g/mol. The van der Waals surface area contributed by atoms with Gasteiger partial charge in [0, 0.05) is 5.92 Å². The van der Waals surface area contributed by atoms with Crippen molar-refractivity contribution in [2.24, 2.45) is 0 Å². The predicted octanol–water partition coefficient (Wildman–Crippen LogP) is 4.10. The van der Waals surface area contributed by atoms with E-state index in [4.69, 9.17) is 0 Å². The lowest BCUT2D eigenvalue weighted by atomic mass is 9.91. The maximum Gasteiger partial charge on any atom is 0.115 e. The molecule has 0 aromatic heterocycles. The van der Waals surface area contributed by atoms with E-state index in [0.717, 1.165) is 0 Å². The summed E-state index contributed by atoms with van der Waals surface area (Å²) in [6.45, 7) is 2.02. The highest BCUT2D eigenvalue weighted by molar-refractivity contribution is 5.38. The quantitative estimate of drug-likeness (QED) is 0.778. The van der Waals surface area contributed by atoms with Crippen LogP contribution in [-0.2, 0) is 0 Å². The van der Waals surface area contributed by atoms with E-state index in [0.29, 0.717) is 5.75 Å². The minimum atomic E-state index is 0.252. The van der Waals surface area contributed by atoms with E-state index in [-0.39, 0.29) is 5.92 Å². The second-order valence-electron chi connectivity index (χ2n) is 4.01. The average Bonchev–Trinajstić information content (AvgIpc) is 2.38. The molecule has 0 heterocycles. The number of benzene rings is 2. The predicted molar refractivity (Wildman–Crippen MR) is 71.2 cm³/mol. The van der Waals surface area contributed by atoms with E-state index in [1.54, 1.807) is 12.1 Å². The molecule has 1 unspecified atom stereocenters. The number of hydrogen-bond donors (Lipinski definition) is 1. The first kappa shape index (κ1) is 11.5. The largest absolute Gasteiger partial charge is 0.508 e. The van der Waals surface area contributed by atoms with E-state index in [1.165, 1.54) is 11.1 Å². The SMILES string of the molecule is CC=CC(c1ccccc1)c1ccc(O)cc1. The summed E-state index contributed by atoms with van der Waals surface area (Å²) >= 11 is 0. The van der Waals surface area contributed by atoms with Gasteiger partial charge in [-0.25, -0.2) is 0 Å². The monoisotopic (exact) mass is 224 g/mol. The van der Waals surface area contributed by atoms with Gasteiger partial charge in [-0.3, -0.25) is 0 Å². The second kappa shape index (κ2) is 5.35. The molecule has 1 nitrogen and oxygen atoms in total. The fourth-order valence-corrected chi connectivity index (χ4v) is 1.95. The molecule has 1 atom stereocenters. The van der Waals surface area contributed by atoms with Gasteiger partial charge in [0.05, 0.1) is 0 Å². The number of rotatable bonds is 3. The van der Waals surface area contributed by atoms with E-state index < -0.39 is 0 Å². The summed E-state index contributed by atoms with van der Waals surface area (Å²) in [5.41, 5.74) is 2.45. The van der Waals surface area contributed by atoms with Crippen molar-refractivity contribution in [1.82, 2.24) is 0 Å². The molecule has 2 aromatic rings. The van der Waals surface area contributed by atoms with Crippen LogP contribution in [0.3, 0.4) is 0 Å². The minimum absolute atomic E-state index is 0.252. The Morgan fingerprint density at radius 2 is 1.47 bits per heavy atom. The van der Waals surface area contributed by atoms with Crippen LogP contribution in [0.4, 0.5) is 0 Å². The molecular formula is C16H16O. The smallest absolute Gasteiger partial charge is 0.115 e. The first-order valence-corrected chi connectivity index (χ1v) is 5.78. The third-order valence-corrected chi connectivity index (χ3v) is 2.80. The molecule has 0 aliphatic heterocycles. The highest BCUT2D eigenvalue weighted by atomic mass is 16.3. The molecule has 0 aliphatic carbocycles. The number of allylic oxidation sites excluding steroid dienone is 2. The summed E-state index contributed by atoms with van der Waals surface area (Å²) in [4.78, 5) is 0. The number of phenols is 1. The molecule has 0 saturated heterocycles. The minimum Gasteiger partial charge on any atom is -0.508 e. The Balaban J connectivity index is 2.39. The molecule has 0 amide bonds. The van der Waals surface area contributed by atoms with Gasteiger partial charge in [0.1, 0.15) is 5.75 Å². The number of phenolic OH excluding ortho intramolecular Hbond substituents is 1. The van der Waals surface area contributed by atoms with E-state index >= 15 is 0 Å². The molecule has 86 valence electrons. The Morgan fingerprint density at radius 1 is 0.882 bits per heavy atom. The summed E-state index contributed by atoms with van der Waals surface area (Å²) < 4.78 is 0. The summed E-state index contributed by atoms with van der Waals surface area (Å²) in [5, 5.41) is 9.32. The molecule has 1 heteroatoms. The van der Waals surface area contributed by atoms with Crippen LogP contribution >= 0.6 is 0 Å². The summed E-state index contributed by atoms with van der Waals surface area (Å²) in [6.07, 6.45) is 4.23. The molecule has 2 rings (SSSR count). The fourth-order valence-electron chi connectivity index (χ4n) is 1.95. The number of aromatic hydroxyl groups is 1. The van der Waals surface area contributed by atoms with Crippen LogP contribution in [0, 0.1) is 0 Å². The molecule has 1 N–H and O–H groups in total. The molecule has 0 saturated carbocycles. The topological polar surface area (TPSA) is 20.2 Å². The highest BCUT2D eigenvalue weighted by Crippen LogP contribution is 2.27. The van der Waals surface area contributed by atoms with Crippen LogP contribution < -0.4 is 0 Å². The van der Waals surface area contributed by atoms with Crippen LogP contribution in [-0.4, -0.2) is 5.11 Å². The highest BCUT2D eigenvalue weighted by Gasteiger charge is 2.09. The Hall–Kier alpha value is -2.02. The van der Waals surface area contributed by atoms with Crippen molar-refractivity contribution in [2.45, 2.75) is 12.8 Å². The van der Waals surface area contributed by atoms with Crippen molar-refractivity contribution in [1.29, 1.82) is 0 Å². The van der Waals surface area contributed by atoms with Gasteiger partial charge in [-0.2, -0.15) is 0 Å². The lowest BCUT2D eigenvalue weighted by molar-refractivity contribution is 0.475. The van der Waals surface area contributed by atoms with Crippen molar-refractivity contribution >= 4 is 0 Å². The van der Waals surface area contributed by atoms with Crippen molar-refractivity contribution < 1.29 is 5.11 Å². The Bertz CT molecular complexity index is 483. The summed E-state index contributed by atoms with van der Waals surface area (Å²) in [5.74, 6) is 0.558. The third-order valence-electron chi connectivity index (χ3n) is 2.80. The molecule has 0 bridgehead atoms. The zero-order chi connectivity index (χ0) is 12.1. The van der Waals surface area contributed by atoms with Crippen molar-refractivity contribution in [3.05, 3.63) is 77.9 Å². The van der Waals surface area contributed by atoms with Crippen LogP contribution in [0.1, 0.15) is 24.0 Å². The normalized spacial score (nSPS) is 12.8.